The Hall–Kier alpha value is -3.84. The van der Waals surface area contributed by atoms with Crippen LogP contribution in [0, 0.1) is 0 Å². The van der Waals surface area contributed by atoms with Gasteiger partial charge in [-0.05, 0) is 24.1 Å². The molecule has 4 rings (SSSR count). The molecule has 0 saturated heterocycles. The summed E-state index contributed by atoms with van der Waals surface area (Å²) in [5, 5.41) is 0.569. The van der Waals surface area contributed by atoms with Crippen LogP contribution in [0.3, 0.4) is 0 Å². The molecule has 166 valence electrons. The number of thiophene rings is 1. The third-order valence-electron chi connectivity index (χ3n) is 5.11. The molecule has 2 heterocycles. The SMILES string of the molecule is CCOC(=O)c1sc2nc(-c3ccccc3)cc(-c3ccccc3)c2c1N(C(C)=O)C(C)=O. The summed E-state index contributed by atoms with van der Waals surface area (Å²) in [6.45, 7) is 4.47. The van der Waals surface area contributed by atoms with Gasteiger partial charge in [-0.15, -0.1) is 11.3 Å². The number of esters is 1. The first-order valence-electron chi connectivity index (χ1n) is 10.5. The number of carbonyl (C=O) groups excluding carboxylic acids is 3. The number of rotatable bonds is 5. The zero-order valence-electron chi connectivity index (χ0n) is 18.5. The van der Waals surface area contributed by atoms with Crippen LogP contribution in [0.5, 0.6) is 0 Å². The van der Waals surface area contributed by atoms with Crippen molar-refractivity contribution in [3.05, 3.63) is 71.6 Å². The minimum Gasteiger partial charge on any atom is -0.462 e. The molecular weight excluding hydrogens is 436 g/mol. The molecule has 0 radical (unpaired) electrons. The molecule has 0 fully saturated rings. The van der Waals surface area contributed by atoms with E-state index in [2.05, 4.69) is 0 Å². The van der Waals surface area contributed by atoms with Crippen LogP contribution in [0.25, 0.3) is 32.6 Å². The van der Waals surface area contributed by atoms with E-state index in [1.807, 2.05) is 66.7 Å². The summed E-state index contributed by atoms with van der Waals surface area (Å²) in [6, 6.07) is 21.3. The Morgan fingerprint density at radius 1 is 0.909 bits per heavy atom. The molecule has 2 amide bonds. The van der Waals surface area contributed by atoms with Crippen molar-refractivity contribution in [1.82, 2.24) is 4.98 Å². The van der Waals surface area contributed by atoms with E-state index in [0.717, 1.165) is 38.6 Å². The number of hydrogen-bond donors (Lipinski definition) is 0. The number of carbonyl (C=O) groups is 3. The largest absolute Gasteiger partial charge is 0.462 e. The van der Waals surface area contributed by atoms with Gasteiger partial charge < -0.3 is 4.74 Å². The van der Waals surface area contributed by atoms with E-state index >= 15 is 0 Å². The molecular formula is C26H22N2O4S. The summed E-state index contributed by atoms with van der Waals surface area (Å²) in [7, 11) is 0. The highest BCUT2D eigenvalue weighted by molar-refractivity contribution is 7.21. The second-order valence-corrected chi connectivity index (χ2v) is 8.34. The van der Waals surface area contributed by atoms with Gasteiger partial charge in [-0.25, -0.2) is 14.7 Å². The molecule has 6 nitrogen and oxygen atoms in total. The van der Waals surface area contributed by atoms with Gasteiger partial charge in [-0.1, -0.05) is 60.7 Å². The van der Waals surface area contributed by atoms with E-state index in [9.17, 15) is 14.4 Å². The highest BCUT2D eigenvalue weighted by atomic mass is 32.1. The van der Waals surface area contributed by atoms with Crippen molar-refractivity contribution in [2.45, 2.75) is 20.8 Å². The Bertz CT molecular complexity index is 1330. The lowest BCUT2D eigenvalue weighted by atomic mass is 9.99. The highest BCUT2D eigenvalue weighted by Crippen LogP contribution is 2.45. The van der Waals surface area contributed by atoms with Crippen LogP contribution in [0.15, 0.2) is 66.7 Å². The van der Waals surface area contributed by atoms with Gasteiger partial charge >= 0.3 is 5.97 Å². The van der Waals surface area contributed by atoms with Crippen molar-refractivity contribution in [3.63, 3.8) is 0 Å². The Kier molecular flexibility index (Phi) is 6.33. The van der Waals surface area contributed by atoms with E-state index in [1.165, 1.54) is 13.8 Å². The third kappa shape index (κ3) is 4.27. The average molecular weight is 459 g/mol. The summed E-state index contributed by atoms with van der Waals surface area (Å²) in [5.74, 6) is -1.57. The predicted molar refractivity (Wildman–Crippen MR) is 130 cm³/mol. The normalized spacial score (nSPS) is 10.8. The lowest BCUT2D eigenvalue weighted by molar-refractivity contribution is -0.124. The number of benzene rings is 2. The Morgan fingerprint density at radius 3 is 2.03 bits per heavy atom. The number of nitrogens with zero attached hydrogens (tertiary/aromatic N) is 2. The fourth-order valence-electron chi connectivity index (χ4n) is 3.77. The number of aromatic nitrogens is 1. The molecule has 0 aliphatic rings. The topological polar surface area (TPSA) is 76.6 Å². The molecule has 0 aliphatic heterocycles. The molecule has 2 aromatic heterocycles. The van der Waals surface area contributed by atoms with Crippen LogP contribution in [0.2, 0.25) is 0 Å². The Morgan fingerprint density at radius 2 is 1.48 bits per heavy atom. The van der Waals surface area contributed by atoms with Crippen molar-refractivity contribution in [2.75, 3.05) is 11.5 Å². The van der Waals surface area contributed by atoms with E-state index < -0.39 is 17.8 Å². The number of fused-ring (bicyclic) bond motifs is 1. The van der Waals surface area contributed by atoms with Crippen molar-refractivity contribution in [1.29, 1.82) is 0 Å². The van der Waals surface area contributed by atoms with Gasteiger partial charge in [0.2, 0.25) is 11.8 Å². The van der Waals surface area contributed by atoms with Crippen molar-refractivity contribution in [3.8, 4) is 22.4 Å². The predicted octanol–water partition coefficient (Wildman–Crippen LogP) is 5.71. The van der Waals surface area contributed by atoms with Gasteiger partial charge in [-0.3, -0.25) is 9.59 Å². The maximum absolute atomic E-state index is 12.9. The zero-order valence-corrected chi connectivity index (χ0v) is 19.3. The van der Waals surface area contributed by atoms with Crippen LogP contribution in [-0.4, -0.2) is 29.4 Å². The second-order valence-electron chi connectivity index (χ2n) is 7.34. The standard InChI is InChI=1S/C26H22N2O4S/c1-4-32-26(31)24-23(28(16(2)29)17(3)30)22-20(18-11-7-5-8-12-18)15-21(27-25(22)33-24)19-13-9-6-10-14-19/h5-15H,4H2,1-3H3. The number of imide groups is 1. The van der Waals surface area contributed by atoms with Crippen molar-refractivity contribution >= 4 is 45.0 Å². The summed E-state index contributed by atoms with van der Waals surface area (Å²) in [4.78, 5) is 44.5. The minimum absolute atomic E-state index is 0.168. The van der Waals surface area contributed by atoms with E-state index in [0.29, 0.717) is 10.2 Å². The van der Waals surface area contributed by atoms with Crippen LogP contribution in [-0.2, 0) is 14.3 Å². The molecule has 33 heavy (non-hydrogen) atoms. The molecule has 0 aliphatic carbocycles. The first-order valence-corrected chi connectivity index (χ1v) is 11.3. The number of hydrogen-bond acceptors (Lipinski definition) is 6. The van der Waals surface area contributed by atoms with E-state index in [-0.39, 0.29) is 17.2 Å². The zero-order chi connectivity index (χ0) is 23.5. The van der Waals surface area contributed by atoms with Crippen molar-refractivity contribution in [2.24, 2.45) is 0 Å². The molecule has 0 N–H and O–H groups in total. The maximum atomic E-state index is 12.9. The smallest absolute Gasteiger partial charge is 0.350 e. The van der Waals surface area contributed by atoms with E-state index in [4.69, 9.17) is 9.72 Å². The third-order valence-corrected chi connectivity index (χ3v) is 6.16. The lowest BCUT2D eigenvalue weighted by Gasteiger charge is -2.19. The quantitative estimate of drug-likeness (QED) is 0.358. The Balaban J connectivity index is 2.13. The Labute approximate surface area is 195 Å². The van der Waals surface area contributed by atoms with Gasteiger partial charge in [0.25, 0.3) is 0 Å². The molecule has 0 spiro atoms. The fourth-order valence-corrected chi connectivity index (χ4v) is 4.85. The molecule has 4 aromatic rings. The second kappa shape index (κ2) is 9.34. The first kappa shape index (κ1) is 22.4. The number of anilines is 1. The molecule has 0 atom stereocenters. The van der Waals surface area contributed by atoms with Crippen LogP contribution >= 0.6 is 11.3 Å². The molecule has 7 heteroatoms. The van der Waals surface area contributed by atoms with Crippen molar-refractivity contribution < 1.29 is 19.1 Å². The fraction of sp³-hybridized carbons (Fsp3) is 0.154. The van der Waals surface area contributed by atoms with Gasteiger partial charge in [0.05, 0.1) is 18.0 Å². The number of ether oxygens (including phenoxy) is 1. The molecule has 2 aromatic carbocycles. The number of amides is 2. The lowest BCUT2D eigenvalue weighted by Crippen LogP contribution is -2.34. The molecule has 0 saturated carbocycles. The van der Waals surface area contributed by atoms with Crippen LogP contribution in [0.1, 0.15) is 30.4 Å². The van der Waals surface area contributed by atoms with Crippen LogP contribution in [0.4, 0.5) is 5.69 Å². The first-order chi connectivity index (χ1) is 15.9. The maximum Gasteiger partial charge on any atom is 0.350 e. The minimum atomic E-state index is -0.594. The van der Waals surface area contributed by atoms with Gasteiger partial charge in [0, 0.05) is 24.8 Å². The number of pyridine rings is 1. The summed E-state index contributed by atoms with van der Waals surface area (Å²) >= 11 is 1.12. The summed E-state index contributed by atoms with van der Waals surface area (Å²) < 4.78 is 5.26. The van der Waals surface area contributed by atoms with E-state index in [1.54, 1.807) is 6.92 Å². The average Bonchev–Trinajstić information content (AvgIpc) is 3.18. The van der Waals surface area contributed by atoms with Crippen LogP contribution < -0.4 is 4.90 Å². The summed E-state index contributed by atoms with van der Waals surface area (Å²) in [6.07, 6.45) is 0. The molecule has 0 bridgehead atoms. The van der Waals surface area contributed by atoms with Gasteiger partial charge in [-0.2, -0.15) is 0 Å². The molecule has 0 unspecified atom stereocenters. The highest BCUT2D eigenvalue weighted by Gasteiger charge is 2.31. The van der Waals surface area contributed by atoms with Gasteiger partial charge in [0.1, 0.15) is 9.71 Å². The summed E-state index contributed by atoms with van der Waals surface area (Å²) in [5.41, 5.74) is 3.51. The van der Waals surface area contributed by atoms with Gasteiger partial charge in [0.15, 0.2) is 0 Å². The monoisotopic (exact) mass is 458 g/mol.